The Bertz CT molecular complexity index is 1650. The zero-order chi connectivity index (χ0) is 24.3. The van der Waals surface area contributed by atoms with Crippen molar-refractivity contribution < 1.29 is 26.2 Å². The van der Waals surface area contributed by atoms with Crippen LogP contribution in [0, 0.1) is 6.07 Å². The predicted molar refractivity (Wildman–Crippen MR) is 144 cm³/mol. The van der Waals surface area contributed by atoms with Crippen molar-refractivity contribution in [3.8, 4) is 28.4 Å². The number of fused-ring (bicyclic) bond motifs is 1. The van der Waals surface area contributed by atoms with Crippen molar-refractivity contribution in [2.45, 2.75) is 12.8 Å². The van der Waals surface area contributed by atoms with Gasteiger partial charge in [-0.3, -0.25) is 9.97 Å². The van der Waals surface area contributed by atoms with E-state index in [4.69, 9.17) is 4.98 Å². The van der Waals surface area contributed by atoms with E-state index in [0.717, 1.165) is 28.8 Å². The largest absolute Gasteiger partial charge is 0.507 e. The summed E-state index contributed by atoms with van der Waals surface area (Å²) in [7, 11) is 0. The number of pyridine rings is 1. The Balaban J connectivity index is 0.00000280. The van der Waals surface area contributed by atoms with E-state index in [1.807, 2.05) is 67.1 Å². The van der Waals surface area contributed by atoms with Gasteiger partial charge in [-0.2, -0.15) is 0 Å². The molecule has 0 spiro atoms. The first kappa shape index (κ1) is 24.7. The molecule has 4 nitrogen and oxygen atoms in total. The summed E-state index contributed by atoms with van der Waals surface area (Å²) in [6.45, 7) is 0. The third-order valence-corrected chi connectivity index (χ3v) is 6.57. The zero-order valence-corrected chi connectivity index (χ0v) is 22.2. The smallest absolute Gasteiger partial charge is 0.128 e. The number of hydrogen-bond acceptors (Lipinski definition) is 3. The van der Waals surface area contributed by atoms with Crippen LogP contribution < -0.4 is 0 Å². The number of aromatic hydroxyl groups is 1. The van der Waals surface area contributed by atoms with E-state index < -0.39 is 0 Å². The van der Waals surface area contributed by atoms with Crippen molar-refractivity contribution in [2.75, 3.05) is 0 Å². The van der Waals surface area contributed by atoms with Gasteiger partial charge in [0.1, 0.15) is 5.75 Å². The van der Waals surface area contributed by atoms with Crippen molar-refractivity contribution in [1.29, 1.82) is 0 Å². The van der Waals surface area contributed by atoms with Gasteiger partial charge < -0.3 is 10.1 Å². The number of aromatic amines is 1. The molecule has 0 saturated heterocycles. The summed E-state index contributed by atoms with van der Waals surface area (Å²) in [5.74, 6) is 0.985. The molecule has 37 heavy (non-hydrogen) atoms. The third-order valence-electron chi connectivity index (χ3n) is 6.57. The Hall–Kier alpha value is -4.01. The fourth-order valence-corrected chi connectivity index (χ4v) is 4.71. The molecule has 0 amide bonds. The first-order valence-corrected chi connectivity index (χ1v) is 12.0. The molecule has 0 aliphatic carbocycles. The number of nitrogens with zero attached hydrogens (tertiary/aromatic N) is 2. The number of hydrogen-bond donors (Lipinski definition) is 2. The molecule has 4 aromatic carbocycles. The molecule has 0 fully saturated rings. The second kappa shape index (κ2) is 10.9. The van der Waals surface area contributed by atoms with Crippen LogP contribution in [0.1, 0.15) is 22.3 Å². The van der Waals surface area contributed by atoms with Gasteiger partial charge in [0.15, 0.2) is 0 Å². The first-order chi connectivity index (χ1) is 17.8. The van der Waals surface area contributed by atoms with Gasteiger partial charge in [-0.15, -0.1) is 35.9 Å². The van der Waals surface area contributed by atoms with Gasteiger partial charge in [0.25, 0.3) is 0 Å². The Labute approximate surface area is 230 Å². The molecule has 0 bridgehead atoms. The minimum absolute atomic E-state index is 0. The number of benzene rings is 4. The summed E-state index contributed by atoms with van der Waals surface area (Å²) in [6.07, 6.45) is 7.09. The van der Waals surface area contributed by atoms with Crippen molar-refractivity contribution in [1.82, 2.24) is 15.0 Å². The van der Waals surface area contributed by atoms with Gasteiger partial charge in [-0.25, -0.2) is 0 Å². The van der Waals surface area contributed by atoms with Crippen molar-refractivity contribution >= 4 is 10.8 Å². The molecule has 2 heterocycles. The fourth-order valence-electron chi connectivity index (χ4n) is 4.71. The van der Waals surface area contributed by atoms with E-state index in [1.165, 1.54) is 22.1 Å². The fraction of sp³-hybridized carbons (Fsp3) is 0.0625. The maximum absolute atomic E-state index is 11.2. The normalized spacial score (nSPS) is 10.8. The van der Waals surface area contributed by atoms with Crippen LogP contribution in [0.4, 0.5) is 0 Å². The number of H-pyrrole nitrogens is 1. The third kappa shape index (κ3) is 5.12. The van der Waals surface area contributed by atoms with E-state index in [2.05, 4.69) is 58.5 Å². The number of imidazole rings is 1. The van der Waals surface area contributed by atoms with Crippen molar-refractivity contribution in [3.63, 3.8) is 0 Å². The average Bonchev–Trinajstić information content (AvgIpc) is 3.42. The number of nitrogens with one attached hydrogen (secondary N) is 1. The van der Waals surface area contributed by atoms with E-state index in [1.54, 1.807) is 0 Å². The number of phenolic OH excluding ortho intramolecular Hbond substituents is 1. The molecular formula is C32H24N3OPt-. The van der Waals surface area contributed by atoms with Crippen LogP contribution in [-0.4, -0.2) is 20.1 Å². The molecule has 0 aliphatic heterocycles. The Morgan fingerprint density at radius 1 is 0.730 bits per heavy atom. The number of aromatic nitrogens is 3. The van der Waals surface area contributed by atoms with Crippen molar-refractivity contribution in [3.05, 3.63) is 138 Å². The number of para-hydroxylation sites is 1. The summed E-state index contributed by atoms with van der Waals surface area (Å²) in [4.78, 5) is 12.4. The van der Waals surface area contributed by atoms with E-state index in [0.29, 0.717) is 17.7 Å². The van der Waals surface area contributed by atoms with Gasteiger partial charge in [-0.1, -0.05) is 60.7 Å². The Kier molecular flexibility index (Phi) is 7.30. The maximum Gasteiger partial charge on any atom is 0.128 e. The summed E-state index contributed by atoms with van der Waals surface area (Å²) in [6, 6.07) is 33.5. The van der Waals surface area contributed by atoms with Crippen LogP contribution in [0.3, 0.4) is 0 Å². The number of phenols is 1. The quantitative estimate of drug-likeness (QED) is 0.190. The molecule has 2 aromatic heterocycles. The van der Waals surface area contributed by atoms with Gasteiger partial charge in [0.05, 0.1) is 11.5 Å². The van der Waals surface area contributed by atoms with Crippen LogP contribution in [0.5, 0.6) is 5.75 Å². The summed E-state index contributed by atoms with van der Waals surface area (Å²) >= 11 is 0. The van der Waals surface area contributed by atoms with Gasteiger partial charge in [0.2, 0.25) is 0 Å². The van der Waals surface area contributed by atoms with Crippen LogP contribution in [0.15, 0.2) is 110 Å². The molecule has 0 unspecified atom stereocenters. The van der Waals surface area contributed by atoms with Crippen molar-refractivity contribution in [2.24, 2.45) is 0 Å². The average molecular weight is 662 g/mol. The maximum atomic E-state index is 11.2. The second-order valence-electron chi connectivity index (χ2n) is 8.87. The molecule has 2 N–H and O–H groups in total. The minimum atomic E-state index is 0. The Morgan fingerprint density at radius 3 is 2.27 bits per heavy atom. The minimum Gasteiger partial charge on any atom is -0.507 e. The van der Waals surface area contributed by atoms with Crippen LogP contribution in [0.2, 0.25) is 0 Å². The second-order valence-corrected chi connectivity index (χ2v) is 8.87. The molecule has 5 heteroatoms. The van der Waals surface area contributed by atoms with Gasteiger partial charge in [-0.05, 0) is 40.1 Å². The van der Waals surface area contributed by atoms with Gasteiger partial charge in [0, 0.05) is 57.0 Å². The molecule has 0 aliphatic rings. The molecule has 6 rings (SSSR count). The zero-order valence-electron chi connectivity index (χ0n) is 20.0. The predicted octanol–water partition coefficient (Wildman–Crippen LogP) is 6.98. The number of rotatable bonds is 6. The summed E-state index contributed by atoms with van der Waals surface area (Å²) in [5.41, 5.74) is 6.77. The molecule has 184 valence electrons. The molecule has 6 aromatic rings. The van der Waals surface area contributed by atoms with Crippen LogP contribution in [-0.2, 0) is 33.9 Å². The van der Waals surface area contributed by atoms with E-state index in [9.17, 15) is 5.11 Å². The summed E-state index contributed by atoms with van der Waals surface area (Å²) in [5, 5.41) is 13.6. The SMILES string of the molecule is Oc1c(Cc2ccccc2Cc2cncc3ccccc23)cccc1-c1c[nH]c(-c2[c-]cccc2)n1.[Pt]. The standard InChI is InChI=1S/C32H24N3O.Pt/c36-31-25(14-8-16-29(31)30-21-34-32(35-30)22-9-2-1-3-10-22)17-23-11-4-5-12-24(23)18-27-20-33-19-26-13-6-7-15-28(26)27;/h1-9,11-16,19-21,36H,17-18H2,(H,34,35);/q-1;. The first-order valence-electron chi connectivity index (χ1n) is 12.0. The van der Waals surface area contributed by atoms with E-state index in [-0.39, 0.29) is 26.8 Å². The monoisotopic (exact) mass is 661 g/mol. The summed E-state index contributed by atoms with van der Waals surface area (Å²) < 4.78 is 0. The topological polar surface area (TPSA) is 61.8 Å². The molecule has 0 radical (unpaired) electrons. The van der Waals surface area contributed by atoms with E-state index >= 15 is 0 Å². The molecular weight excluding hydrogens is 637 g/mol. The van der Waals surface area contributed by atoms with Crippen LogP contribution >= 0.6 is 0 Å². The Morgan fingerprint density at radius 2 is 1.46 bits per heavy atom. The molecule has 0 atom stereocenters. The van der Waals surface area contributed by atoms with Crippen LogP contribution in [0.25, 0.3) is 33.4 Å². The van der Waals surface area contributed by atoms with Gasteiger partial charge >= 0.3 is 0 Å². The molecule has 0 saturated carbocycles.